The third-order valence-electron chi connectivity index (χ3n) is 13.4. The molecule has 0 saturated carbocycles. The molecule has 4 nitrogen and oxygen atoms in total. The van der Waals surface area contributed by atoms with Crippen LogP contribution in [0.3, 0.4) is 0 Å². The van der Waals surface area contributed by atoms with Crippen molar-refractivity contribution in [2.45, 2.75) is 6.18 Å². The molecule has 10 aromatic carbocycles. The van der Waals surface area contributed by atoms with Crippen LogP contribution in [-0.2, 0) is 6.18 Å². The van der Waals surface area contributed by atoms with Crippen LogP contribution in [0.25, 0.3) is 111 Å². The first-order valence-electron chi connectivity index (χ1n) is 22.8. The van der Waals surface area contributed by atoms with Crippen molar-refractivity contribution >= 4 is 43.6 Å². The quantitative estimate of drug-likeness (QED) is 0.160. The predicted octanol–water partition coefficient (Wildman–Crippen LogP) is 17.0. The van der Waals surface area contributed by atoms with Gasteiger partial charge in [-0.05, 0) is 123 Å². The van der Waals surface area contributed by atoms with Crippen LogP contribution >= 0.6 is 0 Å². The molecule has 0 atom stereocenters. The van der Waals surface area contributed by atoms with Crippen molar-refractivity contribution < 1.29 is 13.2 Å². The number of benzene rings is 10. The fourth-order valence-corrected chi connectivity index (χ4v) is 10.2. The summed E-state index contributed by atoms with van der Waals surface area (Å²) in [6.45, 7) is 0. The molecule has 330 valence electrons. The Hall–Kier alpha value is -9.43. The summed E-state index contributed by atoms with van der Waals surface area (Å²) in [5, 5.41) is 25.8. The van der Waals surface area contributed by atoms with Gasteiger partial charge in [-0.15, -0.1) is 0 Å². The Morgan fingerprint density at radius 2 is 0.671 bits per heavy atom. The van der Waals surface area contributed by atoms with E-state index in [-0.39, 0.29) is 22.3 Å². The first kappa shape index (κ1) is 42.0. The van der Waals surface area contributed by atoms with Gasteiger partial charge in [0.05, 0.1) is 50.6 Å². The van der Waals surface area contributed by atoms with Crippen molar-refractivity contribution in [3.05, 3.63) is 241 Å². The van der Waals surface area contributed by atoms with Gasteiger partial charge in [-0.1, -0.05) is 152 Å². The lowest BCUT2D eigenvalue weighted by molar-refractivity contribution is -0.137. The highest BCUT2D eigenvalue weighted by atomic mass is 19.4. The Morgan fingerprint density at radius 1 is 0.329 bits per heavy atom. The van der Waals surface area contributed by atoms with Crippen molar-refractivity contribution in [2.24, 2.45) is 0 Å². The Bertz CT molecular complexity index is 3690. The smallest absolute Gasteiger partial charge is 0.308 e. The highest BCUT2D eigenvalue weighted by molar-refractivity contribution is 6.14. The van der Waals surface area contributed by atoms with Gasteiger partial charge >= 0.3 is 6.18 Å². The molecule has 0 aliphatic heterocycles. The first-order valence-corrected chi connectivity index (χ1v) is 22.8. The van der Waals surface area contributed by atoms with E-state index in [4.69, 9.17) is 0 Å². The molecule has 0 amide bonds. The van der Waals surface area contributed by atoms with Crippen LogP contribution in [0, 0.1) is 22.7 Å². The van der Waals surface area contributed by atoms with E-state index in [9.17, 15) is 10.5 Å². The molecule has 0 aliphatic carbocycles. The van der Waals surface area contributed by atoms with Gasteiger partial charge in [0.25, 0.3) is 0 Å². The van der Waals surface area contributed by atoms with E-state index in [1.165, 1.54) is 12.1 Å². The van der Waals surface area contributed by atoms with E-state index >= 15 is 13.2 Å². The monoisotopic (exact) mass is 906 g/mol. The summed E-state index contributed by atoms with van der Waals surface area (Å²) in [5.41, 5.74) is 10.8. The molecule has 0 saturated heterocycles. The third-order valence-corrected chi connectivity index (χ3v) is 13.4. The maximum atomic E-state index is 15.3. The van der Waals surface area contributed by atoms with Crippen LogP contribution in [0.15, 0.2) is 224 Å². The van der Waals surface area contributed by atoms with Crippen LogP contribution in [0.5, 0.6) is 0 Å². The average Bonchev–Trinajstić information content (AvgIpc) is 3.92. The molecule has 2 heterocycles. The number of hydrogen-bond acceptors (Lipinski definition) is 2. The van der Waals surface area contributed by atoms with E-state index in [0.717, 1.165) is 94.2 Å². The van der Waals surface area contributed by atoms with Gasteiger partial charge in [-0.3, -0.25) is 0 Å². The number of rotatable bonds is 7. The molecular formula is C63H37F3N4. The minimum atomic E-state index is -4.81. The highest BCUT2D eigenvalue weighted by Gasteiger charge is 2.36. The summed E-state index contributed by atoms with van der Waals surface area (Å²) in [6.07, 6.45) is -4.81. The minimum Gasteiger partial charge on any atom is -0.308 e. The van der Waals surface area contributed by atoms with Crippen molar-refractivity contribution in [3.8, 4) is 79.1 Å². The molecule has 0 N–H and O–H groups in total. The molecule has 2 aromatic heterocycles. The largest absolute Gasteiger partial charge is 0.417 e. The van der Waals surface area contributed by atoms with E-state index in [1.807, 2.05) is 130 Å². The number of fused-ring (bicyclic) bond motifs is 6. The fraction of sp³-hybridized carbons (Fsp3) is 0.0159. The summed E-state index contributed by atoms with van der Waals surface area (Å²) in [5.74, 6) is 0. The number of nitriles is 2. The zero-order valence-electron chi connectivity index (χ0n) is 37.3. The summed E-state index contributed by atoms with van der Waals surface area (Å²) < 4.78 is 49.9. The lowest BCUT2D eigenvalue weighted by Crippen LogP contribution is -2.10. The molecule has 0 radical (unpaired) electrons. The van der Waals surface area contributed by atoms with Gasteiger partial charge in [0.15, 0.2) is 0 Å². The summed E-state index contributed by atoms with van der Waals surface area (Å²) in [6, 6.07) is 76.8. The molecule has 12 rings (SSSR count). The van der Waals surface area contributed by atoms with Crippen molar-refractivity contribution in [1.82, 2.24) is 9.13 Å². The van der Waals surface area contributed by atoms with Gasteiger partial charge < -0.3 is 9.13 Å². The zero-order chi connectivity index (χ0) is 47.5. The maximum Gasteiger partial charge on any atom is 0.417 e. The van der Waals surface area contributed by atoms with Gasteiger partial charge in [-0.25, -0.2) is 0 Å². The zero-order valence-corrected chi connectivity index (χ0v) is 37.3. The Balaban J connectivity index is 1.22. The summed E-state index contributed by atoms with van der Waals surface area (Å²) >= 11 is 0. The standard InChI is InChI=1S/C63H37F3N4/c64-63(65,66)55-23-13-22-48(38-67)62(55)49-36-60(69-56-28-24-44(40-14-5-1-6-15-40)32-50(56)51-33-45(25-29-57(51)69)41-16-7-2-8-17-41)54(39-68)61(37-49)70-58-30-26-46(42-18-9-3-10-19-42)34-52(58)53-35-47(27-31-59(53)70)43-20-11-4-12-21-43/h1-37H. The molecule has 0 bridgehead atoms. The normalized spacial score (nSPS) is 11.6. The first-order chi connectivity index (χ1) is 34.3. The number of halogens is 3. The topological polar surface area (TPSA) is 57.4 Å². The molecule has 70 heavy (non-hydrogen) atoms. The molecule has 0 aliphatic rings. The number of nitrogens with zero attached hydrogens (tertiary/aromatic N) is 4. The minimum absolute atomic E-state index is 0.138. The van der Waals surface area contributed by atoms with Crippen molar-refractivity contribution in [1.29, 1.82) is 10.5 Å². The van der Waals surface area contributed by atoms with E-state index < -0.39 is 11.7 Å². The van der Waals surface area contributed by atoms with Gasteiger partial charge in [-0.2, -0.15) is 23.7 Å². The summed E-state index contributed by atoms with van der Waals surface area (Å²) in [4.78, 5) is 0. The number of aromatic nitrogens is 2. The Kier molecular flexibility index (Phi) is 10.0. The van der Waals surface area contributed by atoms with Crippen LogP contribution < -0.4 is 0 Å². The lowest BCUT2D eigenvalue weighted by Gasteiger charge is -2.20. The SMILES string of the molecule is N#Cc1cccc(C(F)(F)F)c1-c1cc(-n2c3ccc(-c4ccccc4)cc3c3cc(-c4ccccc4)ccc32)c(C#N)c(-n2c3ccc(-c4ccccc4)cc3c3cc(-c4ccccc4)ccc32)c1. The third kappa shape index (κ3) is 7.00. The highest BCUT2D eigenvalue weighted by Crippen LogP contribution is 2.46. The fourth-order valence-electron chi connectivity index (χ4n) is 10.2. The van der Waals surface area contributed by atoms with E-state index in [0.29, 0.717) is 11.4 Å². The van der Waals surface area contributed by atoms with E-state index in [2.05, 4.69) is 84.9 Å². The molecule has 0 spiro atoms. The number of alkyl halides is 3. The Morgan fingerprint density at radius 3 is 0.971 bits per heavy atom. The summed E-state index contributed by atoms with van der Waals surface area (Å²) in [7, 11) is 0. The van der Waals surface area contributed by atoms with Crippen LogP contribution in [-0.4, -0.2) is 9.13 Å². The average molecular weight is 907 g/mol. The van der Waals surface area contributed by atoms with Gasteiger partial charge in [0.2, 0.25) is 0 Å². The van der Waals surface area contributed by atoms with Crippen LogP contribution in [0.1, 0.15) is 16.7 Å². The second kappa shape index (κ2) is 16.7. The molecule has 7 heteroatoms. The maximum absolute atomic E-state index is 15.3. The van der Waals surface area contributed by atoms with Gasteiger partial charge in [0, 0.05) is 27.1 Å². The number of hydrogen-bond donors (Lipinski definition) is 0. The van der Waals surface area contributed by atoms with Crippen LogP contribution in [0.2, 0.25) is 0 Å². The van der Waals surface area contributed by atoms with E-state index in [1.54, 1.807) is 12.1 Å². The van der Waals surface area contributed by atoms with Crippen molar-refractivity contribution in [2.75, 3.05) is 0 Å². The molecule has 12 aromatic rings. The molecule has 0 unspecified atom stereocenters. The Labute approximate surface area is 401 Å². The van der Waals surface area contributed by atoms with Gasteiger partial charge in [0.1, 0.15) is 11.6 Å². The second-order valence-electron chi connectivity index (χ2n) is 17.4. The molecule has 0 fully saturated rings. The molecular weight excluding hydrogens is 870 g/mol. The lowest BCUT2D eigenvalue weighted by atomic mass is 9.92. The van der Waals surface area contributed by atoms with Crippen LogP contribution in [0.4, 0.5) is 13.2 Å². The van der Waals surface area contributed by atoms with Crippen molar-refractivity contribution in [3.63, 3.8) is 0 Å². The second-order valence-corrected chi connectivity index (χ2v) is 17.4. The predicted molar refractivity (Wildman–Crippen MR) is 277 cm³/mol.